The minimum Gasteiger partial charge on any atom is -0.504 e. The van der Waals surface area contributed by atoms with E-state index in [1.165, 1.54) is 0 Å². The van der Waals surface area contributed by atoms with Crippen molar-refractivity contribution in [3.63, 3.8) is 0 Å². The second kappa shape index (κ2) is 3.26. The highest BCUT2D eigenvalue weighted by Gasteiger charge is 2.20. The Balaban J connectivity index is 2.32. The molecule has 0 fully saturated rings. The predicted molar refractivity (Wildman–Crippen MR) is 49.9 cm³/mol. The number of rotatable bonds is 1. The first-order chi connectivity index (χ1) is 6.31. The number of hydrogen-bond donors (Lipinski definition) is 2. The molecule has 1 heterocycles. The third kappa shape index (κ3) is 1.47. The van der Waals surface area contributed by atoms with E-state index >= 15 is 0 Å². The monoisotopic (exact) mass is 179 g/mol. The van der Waals surface area contributed by atoms with Gasteiger partial charge >= 0.3 is 0 Å². The summed E-state index contributed by atoms with van der Waals surface area (Å²) in [6, 6.07) is 5.44. The Morgan fingerprint density at radius 1 is 1.54 bits per heavy atom. The molecule has 0 aliphatic carbocycles. The predicted octanol–water partition coefficient (Wildman–Crippen LogP) is 1.04. The molecule has 2 rings (SSSR count). The van der Waals surface area contributed by atoms with E-state index < -0.39 is 0 Å². The van der Waals surface area contributed by atoms with Gasteiger partial charge in [0.2, 0.25) is 0 Å². The van der Waals surface area contributed by atoms with Crippen molar-refractivity contribution < 1.29 is 9.84 Å². The Bertz CT molecular complexity index is 312. The Labute approximate surface area is 77.1 Å². The number of benzene rings is 1. The Morgan fingerprint density at radius 3 is 3.15 bits per heavy atom. The highest BCUT2D eigenvalue weighted by atomic mass is 16.5. The summed E-state index contributed by atoms with van der Waals surface area (Å²) in [6.07, 6.45) is 1.93. The van der Waals surface area contributed by atoms with E-state index in [1.807, 2.05) is 12.1 Å². The van der Waals surface area contributed by atoms with E-state index in [0.29, 0.717) is 12.3 Å². The standard InChI is InChI=1S/C10H13NO2/c11-6-8-5-4-7-2-1-3-9(12)10(7)13-8/h1-3,8,12H,4-6,11H2. The van der Waals surface area contributed by atoms with Crippen LogP contribution in [0.5, 0.6) is 11.5 Å². The molecule has 3 N–H and O–H groups in total. The molecule has 1 aliphatic rings. The molecule has 0 bridgehead atoms. The van der Waals surface area contributed by atoms with Crippen LogP contribution in [0.1, 0.15) is 12.0 Å². The van der Waals surface area contributed by atoms with Gasteiger partial charge in [-0.15, -0.1) is 0 Å². The zero-order chi connectivity index (χ0) is 9.26. The van der Waals surface area contributed by atoms with Gasteiger partial charge in [-0.3, -0.25) is 0 Å². The fourth-order valence-electron chi connectivity index (χ4n) is 1.61. The summed E-state index contributed by atoms with van der Waals surface area (Å²) < 4.78 is 5.54. The van der Waals surface area contributed by atoms with Crippen molar-refractivity contribution in [3.05, 3.63) is 23.8 Å². The van der Waals surface area contributed by atoms with Gasteiger partial charge in [-0.05, 0) is 24.5 Å². The summed E-state index contributed by atoms with van der Waals surface area (Å²) in [5.74, 6) is 0.833. The maximum atomic E-state index is 9.50. The molecule has 1 unspecified atom stereocenters. The molecular weight excluding hydrogens is 166 g/mol. The highest BCUT2D eigenvalue weighted by Crippen LogP contribution is 2.35. The average Bonchev–Trinajstić information content (AvgIpc) is 2.18. The summed E-state index contributed by atoms with van der Waals surface area (Å²) >= 11 is 0. The minimum absolute atomic E-state index is 0.0563. The lowest BCUT2D eigenvalue weighted by Gasteiger charge is -2.25. The fourth-order valence-corrected chi connectivity index (χ4v) is 1.61. The molecule has 3 nitrogen and oxygen atoms in total. The van der Waals surface area contributed by atoms with Crippen LogP contribution in [0, 0.1) is 0 Å². The van der Waals surface area contributed by atoms with Crippen LogP contribution < -0.4 is 10.5 Å². The molecule has 0 saturated carbocycles. The molecule has 0 saturated heterocycles. The van der Waals surface area contributed by atoms with Gasteiger partial charge in [-0.1, -0.05) is 12.1 Å². The lowest BCUT2D eigenvalue weighted by molar-refractivity contribution is 0.174. The molecule has 1 aromatic rings. The largest absolute Gasteiger partial charge is 0.504 e. The molecule has 0 aromatic heterocycles. The zero-order valence-corrected chi connectivity index (χ0v) is 7.36. The minimum atomic E-state index is 0.0563. The lowest BCUT2D eigenvalue weighted by atomic mass is 10.0. The van der Waals surface area contributed by atoms with Crippen molar-refractivity contribution in [3.8, 4) is 11.5 Å². The van der Waals surface area contributed by atoms with Gasteiger partial charge in [-0.2, -0.15) is 0 Å². The average molecular weight is 179 g/mol. The normalized spacial score (nSPS) is 20.5. The van der Waals surface area contributed by atoms with Gasteiger partial charge in [-0.25, -0.2) is 0 Å². The number of phenolic OH excluding ortho intramolecular Hbond substituents is 1. The van der Waals surface area contributed by atoms with Gasteiger partial charge in [0, 0.05) is 6.54 Å². The van der Waals surface area contributed by atoms with Crippen LogP contribution in [0.3, 0.4) is 0 Å². The van der Waals surface area contributed by atoms with E-state index in [-0.39, 0.29) is 11.9 Å². The number of fused-ring (bicyclic) bond motifs is 1. The lowest BCUT2D eigenvalue weighted by Crippen LogP contribution is -2.30. The van der Waals surface area contributed by atoms with Crippen molar-refractivity contribution in [1.82, 2.24) is 0 Å². The van der Waals surface area contributed by atoms with Crippen molar-refractivity contribution in [2.45, 2.75) is 18.9 Å². The van der Waals surface area contributed by atoms with Crippen LogP contribution in [-0.4, -0.2) is 17.8 Å². The quantitative estimate of drug-likeness (QED) is 0.677. The van der Waals surface area contributed by atoms with Crippen molar-refractivity contribution in [2.75, 3.05) is 6.54 Å². The Kier molecular flexibility index (Phi) is 2.10. The summed E-state index contributed by atoms with van der Waals surface area (Å²) in [6.45, 7) is 0.508. The molecule has 70 valence electrons. The first-order valence-electron chi connectivity index (χ1n) is 4.49. The van der Waals surface area contributed by atoms with E-state index in [2.05, 4.69) is 0 Å². The van der Waals surface area contributed by atoms with E-state index in [1.54, 1.807) is 6.07 Å². The van der Waals surface area contributed by atoms with Crippen LogP contribution in [-0.2, 0) is 6.42 Å². The third-order valence-electron chi connectivity index (χ3n) is 2.36. The van der Waals surface area contributed by atoms with Crippen LogP contribution in [0.15, 0.2) is 18.2 Å². The summed E-state index contributed by atoms with van der Waals surface area (Å²) in [5, 5.41) is 9.50. The first kappa shape index (κ1) is 8.38. The zero-order valence-electron chi connectivity index (χ0n) is 7.36. The smallest absolute Gasteiger partial charge is 0.164 e. The second-order valence-electron chi connectivity index (χ2n) is 3.28. The van der Waals surface area contributed by atoms with Crippen molar-refractivity contribution >= 4 is 0 Å². The number of aromatic hydroxyl groups is 1. The molecule has 0 amide bonds. The summed E-state index contributed by atoms with van der Waals surface area (Å²) in [4.78, 5) is 0. The number of hydrogen-bond acceptors (Lipinski definition) is 3. The van der Waals surface area contributed by atoms with Crippen LogP contribution in [0.4, 0.5) is 0 Å². The maximum Gasteiger partial charge on any atom is 0.164 e. The third-order valence-corrected chi connectivity index (χ3v) is 2.36. The number of aryl methyl sites for hydroxylation is 1. The number of nitrogens with two attached hydrogens (primary N) is 1. The Hall–Kier alpha value is -1.22. The van der Waals surface area contributed by atoms with Crippen LogP contribution >= 0.6 is 0 Å². The van der Waals surface area contributed by atoms with E-state index in [0.717, 1.165) is 18.4 Å². The SMILES string of the molecule is NCC1CCc2cccc(O)c2O1. The van der Waals surface area contributed by atoms with Gasteiger partial charge < -0.3 is 15.6 Å². The van der Waals surface area contributed by atoms with Crippen LogP contribution in [0.25, 0.3) is 0 Å². The fraction of sp³-hybridized carbons (Fsp3) is 0.400. The van der Waals surface area contributed by atoms with Crippen molar-refractivity contribution in [1.29, 1.82) is 0 Å². The highest BCUT2D eigenvalue weighted by molar-refractivity contribution is 5.46. The molecule has 1 aliphatic heterocycles. The molecule has 3 heteroatoms. The topological polar surface area (TPSA) is 55.5 Å². The molecular formula is C10H13NO2. The van der Waals surface area contributed by atoms with Gasteiger partial charge in [0.15, 0.2) is 11.5 Å². The summed E-state index contributed by atoms with van der Waals surface area (Å²) in [7, 11) is 0. The molecule has 0 radical (unpaired) electrons. The Morgan fingerprint density at radius 2 is 2.38 bits per heavy atom. The second-order valence-corrected chi connectivity index (χ2v) is 3.28. The van der Waals surface area contributed by atoms with Crippen molar-refractivity contribution in [2.24, 2.45) is 5.73 Å². The maximum absolute atomic E-state index is 9.50. The molecule has 1 aromatic carbocycles. The van der Waals surface area contributed by atoms with Crippen LogP contribution in [0.2, 0.25) is 0 Å². The first-order valence-corrected chi connectivity index (χ1v) is 4.49. The van der Waals surface area contributed by atoms with Gasteiger partial charge in [0.05, 0.1) is 0 Å². The van der Waals surface area contributed by atoms with Gasteiger partial charge in [0.1, 0.15) is 6.10 Å². The number of ether oxygens (including phenoxy) is 1. The molecule has 13 heavy (non-hydrogen) atoms. The van der Waals surface area contributed by atoms with E-state index in [9.17, 15) is 5.11 Å². The summed E-state index contributed by atoms with van der Waals surface area (Å²) in [5.41, 5.74) is 6.58. The van der Waals surface area contributed by atoms with Gasteiger partial charge in [0.25, 0.3) is 0 Å². The molecule has 0 spiro atoms. The number of para-hydroxylation sites is 1. The van der Waals surface area contributed by atoms with E-state index in [4.69, 9.17) is 10.5 Å². The molecule has 1 atom stereocenters. The number of phenols is 1.